The Kier molecular flexibility index (Phi) is 4.17. The molecule has 5 rings (SSSR count). The molecular formula is C22H19ClN4O. The van der Waals surface area contributed by atoms with Gasteiger partial charge in [-0.3, -0.25) is 0 Å². The molecule has 0 unspecified atom stereocenters. The molecule has 2 atom stereocenters. The van der Waals surface area contributed by atoms with Crippen molar-refractivity contribution in [3.8, 4) is 5.75 Å². The van der Waals surface area contributed by atoms with E-state index in [1.807, 2.05) is 22.9 Å². The smallest absolute Gasteiger partial charge is 0.222 e. The summed E-state index contributed by atoms with van der Waals surface area (Å²) in [6.45, 7) is 0. The number of halogens is 1. The second-order valence-corrected chi connectivity index (χ2v) is 7.44. The van der Waals surface area contributed by atoms with Gasteiger partial charge in [0.25, 0.3) is 0 Å². The summed E-state index contributed by atoms with van der Waals surface area (Å²) in [6.07, 6.45) is 2.47. The van der Waals surface area contributed by atoms with Crippen LogP contribution in [0, 0.1) is 0 Å². The van der Waals surface area contributed by atoms with Gasteiger partial charge in [-0.1, -0.05) is 41.9 Å². The maximum Gasteiger partial charge on any atom is 0.222 e. The van der Waals surface area contributed by atoms with Crippen molar-refractivity contribution in [1.82, 2.24) is 14.8 Å². The van der Waals surface area contributed by atoms with Crippen LogP contribution in [-0.4, -0.2) is 21.9 Å². The molecule has 5 nitrogen and oxygen atoms in total. The van der Waals surface area contributed by atoms with Gasteiger partial charge in [0.15, 0.2) is 0 Å². The summed E-state index contributed by atoms with van der Waals surface area (Å²) >= 11 is 6.08. The van der Waals surface area contributed by atoms with Crippen LogP contribution in [-0.2, 0) is 0 Å². The number of nitrogens with zero attached hydrogens (tertiary/aromatic N) is 3. The van der Waals surface area contributed by atoms with Crippen LogP contribution in [0.3, 0.4) is 0 Å². The number of nitrogens with one attached hydrogen (secondary N) is 1. The van der Waals surface area contributed by atoms with Gasteiger partial charge >= 0.3 is 0 Å². The third-order valence-corrected chi connectivity index (χ3v) is 5.61. The van der Waals surface area contributed by atoms with Crippen LogP contribution in [0.25, 0.3) is 10.8 Å². The summed E-state index contributed by atoms with van der Waals surface area (Å²) < 4.78 is 7.28. The molecule has 0 saturated carbocycles. The molecule has 28 heavy (non-hydrogen) atoms. The van der Waals surface area contributed by atoms with E-state index in [0.29, 0.717) is 0 Å². The average molecular weight is 391 g/mol. The number of ether oxygens (including phenoxy) is 1. The fourth-order valence-corrected chi connectivity index (χ4v) is 4.01. The third kappa shape index (κ3) is 2.98. The van der Waals surface area contributed by atoms with Crippen LogP contribution in [0.5, 0.6) is 5.75 Å². The molecule has 0 bridgehead atoms. The van der Waals surface area contributed by atoms with Crippen molar-refractivity contribution in [2.24, 2.45) is 0 Å². The SMILES string of the molecule is COc1ccc2cc([C@@H]3C[C@H](c4ccc(Cl)cc4)n4ncnc4N3)ccc2c1. The molecule has 2 heterocycles. The summed E-state index contributed by atoms with van der Waals surface area (Å²) in [6, 6.07) is 20.9. The molecular weight excluding hydrogens is 372 g/mol. The van der Waals surface area contributed by atoms with Gasteiger partial charge in [0.05, 0.1) is 19.2 Å². The van der Waals surface area contributed by atoms with Crippen molar-refractivity contribution in [3.63, 3.8) is 0 Å². The number of benzene rings is 3. The summed E-state index contributed by atoms with van der Waals surface area (Å²) in [5, 5.41) is 11.0. The molecule has 1 aliphatic heterocycles. The molecule has 3 aromatic carbocycles. The maximum atomic E-state index is 6.08. The highest BCUT2D eigenvalue weighted by molar-refractivity contribution is 6.30. The molecule has 0 spiro atoms. The average Bonchev–Trinajstić information content (AvgIpc) is 3.21. The van der Waals surface area contributed by atoms with E-state index in [1.54, 1.807) is 13.4 Å². The topological polar surface area (TPSA) is 52.0 Å². The number of fused-ring (bicyclic) bond motifs is 2. The Labute approximate surface area is 167 Å². The van der Waals surface area contributed by atoms with Gasteiger partial charge in [0.2, 0.25) is 5.95 Å². The highest BCUT2D eigenvalue weighted by Gasteiger charge is 2.30. The van der Waals surface area contributed by atoms with Gasteiger partial charge in [-0.25, -0.2) is 4.68 Å². The van der Waals surface area contributed by atoms with Crippen LogP contribution < -0.4 is 10.1 Å². The predicted octanol–water partition coefficient (Wildman–Crippen LogP) is 5.24. The van der Waals surface area contributed by atoms with E-state index in [-0.39, 0.29) is 12.1 Å². The fourth-order valence-electron chi connectivity index (χ4n) is 3.89. The largest absolute Gasteiger partial charge is 0.497 e. The van der Waals surface area contributed by atoms with Gasteiger partial charge in [0, 0.05) is 5.02 Å². The number of aromatic nitrogens is 3. The zero-order valence-electron chi connectivity index (χ0n) is 15.3. The molecule has 0 fully saturated rings. The second kappa shape index (κ2) is 6.84. The zero-order chi connectivity index (χ0) is 19.1. The Morgan fingerprint density at radius 3 is 2.57 bits per heavy atom. The van der Waals surface area contributed by atoms with E-state index in [4.69, 9.17) is 16.3 Å². The van der Waals surface area contributed by atoms with Crippen molar-refractivity contribution in [2.75, 3.05) is 12.4 Å². The van der Waals surface area contributed by atoms with Crippen molar-refractivity contribution in [3.05, 3.63) is 83.1 Å². The Bertz CT molecular complexity index is 1140. The third-order valence-electron chi connectivity index (χ3n) is 5.36. The van der Waals surface area contributed by atoms with E-state index in [1.165, 1.54) is 16.5 Å². The van der Waals surface area contributed by atoms with E-state index in [2.05, 4.69) is 57.9 Å². The van der Waals surface area contributed by atoms with Crippen molar-refractivity contribution < 1.29 is 4.74 Å². The fraction of sp³-hybridized carbons (Fsp3) is 0.182. The quantitative estimate of drug-likeness (QED) is 0.519. The van der Waals surface area contributed by atoms with Gasteiger partial charge in [0.1, 0.15) is 12.1 Å². The minimum absolute atomic E-state index is 0.104. The number of anilines is 1. The Morgan fingerprint density at radius 1 is 1.00 bits per heavy atom. The van der Waals surface area contributed by atoms with Crippen LogP contribution in [0.4, 0.5) is 5.95 Å². The number of hydrogen-bond acceptors (Lipinski definition) is 4. The summed E-state index contributed by atoms with van der Waals surface area (Å²) in [7, 11) is 1.69. The van der Waals surface area contributed by atoms with Crippen molar-refractivity contribution in [1.29, 1.82) is 0 Å². The Morgan fingerprint density at radius 2 is 1.75 bits per heavy atom. The first-order chi connectivity index (χ1) is 13.7. The summed E-state index contributed by atoms with van der Waals surface area (Å²) in [5.74, 6) is 1.65. The highest BCUT2D eigenvalue weighted by Crippen LogP contribution is 2.38. The molecule has 0 aliphatic carbocycles. The van der Waals surface area contributed by atoms with E-state index < -0.39 is 0 Å². The minimum Gasteiger partial charge on any atom is -0.497 e. The monoisotopic (exact) mass is 390 g/mol. The molecule has 6 heteroatoms. The second-order valence-electron chi connectivity index (χ2n) is 7.00. The van der Waals surface area contributed by atoms with Gasteiger partial charge < -0.3 is 10.1 Å². The number of rotatable bonds is 3. The van der Waals surface area contributed by atoms with Crippen LogP contribution in [0.2, 0.25) is 5.02 Å². The molecule has 0 saturated heterocycles. The minimum atomic E-state index is 0.104. The maximum absolute atomic E-state index is 6.08. The van der Waals surface area contributed by atoms with E-state index >= 15 is 0 Å². The lowest BCUT2D eigenvalue weighted by Gasteiger charge is -2.32. The van der Waals surface area contributed by atoms with Crippen LogP contribution >= 0.6 is 11.6 Å². The first-order valence-corrected chi connectivity index (χ1v) is 9.58. The Balaban J connectivity index is 1.52. The summed E-state index contributed by atoms with van der Waals surface area (Å²) in [5.41, 5.74) is 2.40. The van der Waals surface area contributed by atoms with Crippen molar-refractivity contribution in [2.45, 2.75) is 18.5 Å². The first-order valence-electron chi connectivity index (χ1n) is 9.20. The lowest BCUT2D eigenvalue weighted by Crippen LogP contribution is -2.28. The first kappa shape index (κ1) is 17.1. The predicted molar refractivity (Wildman–Crippen MR) is 111 cm³/mol. The number of hydrogen-bond donors (Lipinski definition) is 1. The molecule has 4 aromatic rings. The number of methoxy groups -OCH3 is 1. The van der Waals surface area contributed by atoms with Crippen LogP contribution in [0.15, 0.2) is 67.0 Å². The molecule has 140 valence electrons. The van der Waals surface area contributed by atoms with Gasteiger partial charge in [-0.15, -0.1) is 0 Å². The van der Waals surface area contributed by atoms with E-state index in [9.17, 15) is 0 Å². The van der Waals surface area contributed by atoms with Gasteiger partial charge in [-0.05, 0) is 58.7 Å². The Hall–Kier alpha value is -3.05. The molecule has 1 N–H and O–H groups in total. The molecule has 0 amide bonds. The van der Waals surface area contributed by atoms with Gasteiger partial charge in [-0.2, -0.15) is 10.1 Å². The normalized spacial score (nSPS) is 18.5. The lowest BCUT2D eigenvalue weighted by molar-refractivity contribution is 0.415. The molecule has 1 aromatic heterocycles. The van der Waals surface area contributed by atoms with Crippen molar-refractivity contribution >= 4 is 28.3 Å². The molecule has 0 radical (unpaired) electrons. The standard InChI is InChI=1S/C22H19ClN4O/c1-28-19-9-6-15-10-17(3-2-16(15)11-19)20-12-21(14-4-7-18(23)8-5-14)27-22(26-20)24-13-25-27/h2-11,13,20-21H,12H2,1H3,(H,24,25,26)/t20-,21+/m0/s1. The lowest BCUT2D eigenvalue weighted by atomic mass is 9.92. The van der Waals surface area contributed by atoms with E-state index in [0.717, 1.165) is 28.5 Å². The zero-order valence-corrected chi connectivity index (χ0v) is 16.1. The molecule has 1 aliphatic rings. The highest BCUT2D eigenvalue weighted by atomic mass is 35.5. The summed E-state index contributed by atoms with van der Waals surface area (Å²) in [4.78, 5) is 4.41. The van der Waals surface area contributed by atoms with Crippen LogP contribution in [0.1, 0.15) is 29.6 Å².